The van der Waals surface area contributed by atoms with E-state index in [1.807, 2.05) is 30.3 Å². The first kappa shape index (κ1) is 14.8. The molecule has 1 heterocycles. The second-order valence-electron chi connectivity index (χ2n) is 6.66. The van der Waals surface area contributed by atoms with E-state index in [4.69, 9.17) is 0 Å². The zero-order chi connectivity index (χ0) is 15.6. The van der Waals surface area contributed by atoms with Crippen LogP contribution in [0.2, 0.25) is 0 Å². The highest BCUT2D eigenvalue weighted by Crippen LogP contribution is 2.34. The maximum atomic E-state index is 12.6. The molecule has 0 N–H and O–H groups in total. The van der Waals surface area contributed by atoms with Gasteiger partial charge >= 0.3 is 0 Å². The quantitative estimate of drug-likeness (QED) is 0.774. The van der Waals surface area contributed by atoms with Crippen LogP contribution >= 0.6 is 0 Å². The molecule has 0 atom stereocenters. The summed E-state index contributed by atoms with van der Waals surface area (Å²) in [6, 6.07) is 18.2. The van der Waals surface area contributed by atoms with Gasteiger partial charge in [-0.2, -0.15) is 0 Å². The van der Waals surface area contributed by atoms with Crippen LogP contribution in [0.4, 0.5) is 5.69 Å². The van der Waals surface area contributed by atoms with Gasteiger partial charge in [-0.25, -0.2) is 0 Å². The average Bonchev–Trinajstić information content (AvgIpc) is 2.54. The van der Waals surface area contributed by atoms with Crippen molar-refractivity contribution in [2.24, 2.45) is 0 Å². The summed E-state index contributed by atoms with van der Waals surface area (Å²) in [5, 5.41) is 0. The standard InChI is InChI=1S/C20H23NO/c1-20(2,15-19(22)17-10-4-3-5-11-17)21-14-8-12-16-9-6-7-13-18(16)21/h3-7,9-11,13H,8,12,14-15H2,1-2H3. The number of para-hydroxylation sites is 1. The van der Waals surface area contributed by atoms with Crippen molar-refractivity contribution in [1.29, 1.82) is 0 Å². The smallest absolute Gasteiger partial charge is 0.165 e. The molecule has 0 unspecified atom stereocenters. The second kappa shape index (κ2) is 5.96. The summed E-state index contributed by atoms with van der Waals surface area (Å²) in [6.45, 7) is 5.37. The van der Waals surface area contributed by atoms with Gasteiger partial charge in [-0.05, 0) is 38.3 Å². The zero-order valence-corrected chi connectivity index (χ0v) is 13.4. The lowest BCUT2D eigenvalue weighted by Gasteiger charge is -2.43. The number of carbonyl (C=O) groups is 1. The second-order valence-corrected chi connectivity index (χ2v) is 6.66. The van der Waals surface area contributed by atoms with Crippen LogP contribution in [-0.4, -0.2) is 17.9 Å². The van der Waals surface area contributed by atoms with E-state index in [0.717, 1.165) is 24.9 Å². The number of rotatable bonds is 4. The Morgan fingerprint density at radius 1 is 1.05 bits per heavy atom. The monoisotopic (exact) mass is 293 g/mol. The topological polar surface area (TPSA) is 20.3 Å². The number of hydrogen-bond donors (Lipinski definition) is 0. The molecule has 3 rings (SSSR count). The van der Waals surface area contributed by atoms with Crippen molar-refractivity contribution >= 4 is 11.5 Å². The number of hydrogen-bond acceptors (Lipinski definition) is 2. The van der Waals surface area contributed by atoms with Gasteiger partial charge in [-0.15, -0.1) is 0 Å². The molecule has 2 aromatic carbocycles. The van der Waals surface area contributed by atoms with Crippen LogP contribution in [0.1, 0.15) is 42.6 Å². The van der Waals surface area contributed by atoms with Gasteiger partial charge in [0.1, 0.15) is 0 Å². The zero-order valence-electron chi connectivity index (χ0n) is 13.4. The highest BCUT2D eigenvalue weighted by atomic mass is 16.1. The fourth-order valence-electron chi connectivity index (χ4n) is 3.38. The van der Waals surface area contributed by atoms with Crippen LogP contribution in [0.25, 0.3) is 0 Å². The summed E-state index contributed by atoms with van der Waals surface area (Å²) in [7, 11) is 0. The Kier molecular flexibility index (Phi) is 4.02. The van der Waals surface area contributed by atoms with E-state index in [2.05, 4.69) is 43.0 Å². The van der Waals surface area contributed by atoms with Gasteiger partial charge in [0.15, 0.2) is 5.78 Å². The minimum absolute atomic E-state index is 0.177. The number of Topliss-reactive ketones (excluding diaryl/α,β-unsaturated/α-hetero) is 1. The summed E-state index contributed by atoms with van der Waals surface area (Å²) < 4.78 is 0. The molecule has 0 fully saturated rings. The van der Waals surface area contributed by atoms with E-state index in [1.165, 1.54) is 11.3 Å². The molecule has 0 radical (unpaired) electrons. The van der Waals surface area contributed by atoms with Crippen LogP contribution in [0, 0.1) is 0 Å². The normalized spacial score (nSPS) is 14.5. The molecule has 2 heteroatoms. The first-order valence-electron chi connectivity index (χ1n) is 8.02. The summed E-state index contributed by atoms with van der Waals surface area (Å²) in [5.41, 5.74) is 3.32. The predicted octanol–water partition coefficient (Wildman–Crippen LogP) is 4.49. The fourth-order valence-corrected chi connectivity index (χ4v) is 3.38. The Bertz CT molecular complexity index is 660. The summed E-state index contributed by atoms with van der Waals surface area (Å²) >= 11 is 0. The Balaban J connectivity index is 1.83. The number of aryl methyl sites for hydroxylation is 1. The first-order valence-corrected chi connectivity index (χ1v) is 8.02. The molecule has 1 aliphatic heterocycles. The highest BCUT2D eigenvalue weighted by Gasteiger charge is 2.32. The molecular weight excluding hydrogens is 270 g/mol. The molecule has 114 valence electrons. The van der Waals surface area contributed by atoms with Gasteiger partial charge in [0.25, 0.3) is 0 Å². The SMILES string of the molecule is CC(C)(CC(=O)c1ccccc1)N1CCCc2ccccc21. The number of benzene rings is 2. The molecule has 0 aliphatic carbocycles. The van der Waals surface area contributed by atoms with E-state index < -0.39 is 0 Å². The Morgan fingerprint density at radius 2 is 1.73 bits per heavy atom. The number of anilines is 1. The van der Waals surface area contributed by atoms with Crippen LogP contribution in [-0.2, 0) is 6.42 Å². The predicted molar refractivity (Wildman–Crippen MR) is 91.6 cm³/mol. The highest BCUT2D eigenvalue weighted by molar-refractivity contribution is 5.97. The van der Waals surface area contributed by atoms with Crippen LogP contribution < -0.4 is 4.90 Å². The Hall–Kier alpha value is -2.09. The summed E-state index contributed by atoms with van der Waals surface area (Å²) in [6.07, 6.45) is 2.82. The van der Waals surface area contributed by atoms with E-state index in [0.29, 0.717) is 6.42 Å². The Labute approximate surface area is 132 Å². The molecular formula is C20H23NO. The lowest BCUT2D eigenvalue weighted by Crippen LogP contribution is -2.48. The van der Waals surface area contributed by atoms with Crippen LogP contribution in [0.5, 0.6) is 0 Å². The molecule has 0 bridgehead atoms. The number of ketones is 1. The largest absolute Gasteiger partial charge is 0.366 e. The lowest BCUT2D eigenvalue weighted by molar-refractivity contribution is 0.0957. The number of nitrogens with zero attached hydrogens (tertiary/aromatic N) is 1. The molecule has 2 aromatic rings. The third-order valence-corrected chi connectivity index (χ3v) is 4.53. The van der Waals surface area contributed by atoms with Gasteiger partial charge in [0.05, 0.1) is 0 Å². The van der Waals surface area contributed by atoms with Crippen LogP contribution in [0.15, 0.2) is 54.6 Å². The number of fused-ring (bicyclic) bond motifs is 1. The molecule has 0 aromatic heterocycles. The van der Waals surface area contributed by atoms with Gasteiger partial charge in [-0.1, -0.05) is 48.5 Å². The molecule has 22 heavy (non-hydrogen) atoms. The van der Waals surface area contributed by atoms with Crippen molar-refractivity contribution < 1.29 is 4.79 Å². The van der Waals surface area contributed by atoms with E-state index in [1.54, 1.807) is 0 Å². The van der Waals surface area contributed by atoms with E-state index in [9.17, 15) is 4.79 Å². The van der Waals surface area contributed by atoms with Crippen molar-refractivity contribution in [3.8, 4) is 0 Å². The van der Waals surface area contributed by atoms with E-state index in [-0.39, 0.29) is 11.3 Å². The van der Waals surface area contributed by atoms with Gasteiger partial charge in [0, 0.05) is 29.8 Å². The van der Waals surface area contributed by atoms with Crippen molar-refractivity contribution in [3.05, 3.63) is 65.7 Å². The third kappa shape index (κ3) is 2.92. The van der Waals surface area contributed by atoms with Crippen molar-refractivity contribution in [2.75, 3.05) is 11.4 Å². The van der Waals surface area contributed by atoms with E-state index >= 15 is 0 Å². The fraction of sp³-hybridized carbons (Fsp3) is 0.350. The lowest BCUT2D eigenvalue weighted by atomic mass is 9.89. The summed E-state index contributed by atoms with van der Waals surface area (Å²) in [4.78, 5) is 15.0. The maximum Gasteiger partial charge on any atom is 0.165 e. The summed E-state index contributed by atoms with van der Waals surface area (Å²) in [5.74, 6) is 0.216. The molecule has 0 amide bonds. The van der Waals surface area contributed by atoms with Gasteiger partial charge < -0.3 is 4.90 Å². The van der Waals surface area contributed by atoms with Crippen molar-refractivity contribution in [3.63, 3.8) is 0 Å². The molecule has 0 spiro atoms. The van der Waals surface area contributed by atoms with Gasteiger partial charge in [0.2, 0.25) is 0 Å². The molecule has 1 aliphatic rings. The Morgan fingerprint density at radius 3 is 2.50 bits per heavy atom. The van der Waals surface area contributed by atoms with Crippen LogP contribution in [0.3, 0.4) is 0 Å². The maximum absolute atomic E-state index is 12.6. The first-order chi connectivity index (χ1) is 10.6. The molecule has 0 saturated heterocycles. The number of carbonyl (C=O) groups excluding carboxylic acids is 1. The molecule has 2 nitrogen and oxygen atoms in total. The van der Waals surface area contributed by atoms with Crippen molar-refractivity contribution in [2.45, 2.75) is 38.6 Å². The minimum Gasteiger partial charge on any atom is -0.366 e. The van der Waals surface area contributed by atoms with Crippen molar-refractivity contribution in [1.82, 2.24) is 0 Å². The third-order valence-electron chi connectivity index (χ3n) is 4.53. The minimum atomic E-state index is -0.177. The average molecular weight is 293 g/mol. The van der Waals surface area contributed by atoms with Gasteiger partial charge in [-0.3, -0.25) is 4.79 Å². The molecule has 0 saturated carbocycles.